The predicted octanol–water partition coefficient (Wildman–Crippen LogP) is -22.5. The number of rotatable bonds is 29. The first-order valence-corrected chi connectivity index (χ1v) is 22.7. The Labute approximate surface area is 401 Å². The number of hydrogen-bond donors (Lipinski definition) is 25. The molecule has 67 heavy (non-hydrogen) atoms. The van der Waals surface area contributed by atoms with Crippen molar-refractivity contribution in [3.8, 4) is 0 Å². The van der Waals surface area contributed by atoms with Gasteiger partial charge in [0.1, 0.15) is 24.4 Å². The van der Waals surface area contributed by atoms with Gasteiger partial charge in [0, 0.05) is 0 Å². The molecule has 37 heteroatoms. The average Bonchev–Trinajstić information content (AvgIpc) is 3.30. The van der Waals surface area contributed by atoms with E-state index in [4.69, 9.17) is 46.0 Å². The zero-order chi connectivity index (χ0) is 52.3. The van der Waals surface area contributed by atoms with E-state index in [2.05, 4.69) is 12.3 Å². The van der Waals surface area contributed by atoms with Crippen LogP contribution in [0.1, 0.15) is 0 Å². The first-order chi connectivity index (χ1) is 30.3. The van der Waals surface area contributed by atoms with Gasteiger partial charge in [-0.05, 0) is 0 Å². The van der Waals surface area contributed by atoms with E-state index in [0.717, 1.165) is 0 Å². The van der Waals surface area contributed by atoms with Crippen molar-refractivity contribution in [2.24, 2.45) is 0 Å². The molecule has 0 aromatic heterocycles. The number of hydrogen-bond acceptors (Lipinski definition) is 35. The fourth-order valence-electron chi connectivity index (χ4n) is 4.17. The van der Waals surface area contributed by atoms with Gasteiger partial charge in [0.2, 0.25) is 0 Å². The van der Waals surface area contributed by atoms with Crippen LogP contribution in [0.2, 0.25) is 0 Å². The second kappa shape index (κ2) is 32.9. The maximum Gasteiger partial charge on any atom is 1.00 e. The van der Waals surface area contributed by atoms with E-state index in [9.17, 15) is 111 Å². The van der Waals surface area contributed by atoms with Crippen molar-refractivity contribution in [2.75, 3.05) is 33.0 Å². The Morgan fingerprint density at radius 3 is 0.597 bits per heavy atom. The van der Waals surface area contributed by atoms with Crippen LogP contribution in [0.15, 0.2) is 0 Å². The van der Waals surface area contributed by atoms with Gasteiger partial charge in [0.15, 0.2) is 0 Å². The Kier molecular flexibility index (Phi) is 34.1. The Morgan fingerprint density at radius 2 is 0.463 bits per heavy atom. The van der Waals surface area contributed by atoms with E-state index in [1.54, 1.807) is 0 Å². The topological polar surface area (TPSA) is 651 Å². The van der Waals surface area contributed by atoms with Crippen LogP contribution in [0.25, 0.3) is 0 Å². The molecular weight excluding hydrogens is 1060 g/mol. The number of carboxylic acids is 1. The molecular formula is C30H55NaO35Sn. The minimum absolute atomic E-state index is 0. The van der Waals surface area contributed by atoms with Gasteiger partial charge in [0.05, 0.1) is 12.6 Å². The molecule has 0 spiro atoms. The maximum absolute atomic E-state index is 12.9. The third-order valence-corrected chi connectivity index (χ3v) is 13.5. The second-order valence-electron chi connectivity index (χ2n) is 13.4. The van der Waals surface area contributed by atoms with Crippen LogP contribution in [0.4, 0.5) is 0 Å². The number of aliphatic carboxylic acids is 1. The van der Waals surface area contributed by atoms with Crippen molar-refractivity contribution in [3.05, 3.63) is 0 Å². The third kappa shape index (κ3) is 21.2. The summed E-state index contributed by atoms with van der Waals surface area (Å²) >= 11 is -8.11. The molecule has 0 saturated carbocycles. The minimum Gasteiger partial charge on any atom is 1.00 e. The molecule has 35 nitrogen and oxygen atoms in total. The molecule has 0 bridgehead atoms. The number of carbonyl (C=O) groups excluding carboxylic acids is 5. The summed E-state index contributed by atoms with van der Waals surface area (Å²) in [6.45, 7) is -6.19. The molecule has 0 aliphatic heterocycles. The van der Waals surface area contributed by atoms with Gasteiger partial charge >= 0.3 is 331 Å². The van der Waals surface area contributed by atoms with E-state index >= 15 is 0 Å². The summed E-state index contributed by atoms with van der Waals surface area (Å²) < 4.78 is 18.1. The zero-order valence-electron chi connectivity index (χ0n) is 34.3. The second-order valence-corrected chi connectivity index (χ2v) is 18.6. The summed E-state index contributed by atoms with van der Waals surface area (Å²) in [5, 5.41) is 248. The van der Waals surface area contributed by atoms with Crippen LogP contribution in [0.3, 0.4) is 0 Å². The van der Waals surface area contributed by atoms with Crippen LogP contribution in [-0.4, -0.2) is 333 Å². The van der Waals surface area contributed by atoms with Crippen molar-refractivity contribution in [1.29, 1.82) is 0 Å². The van der Waals surface area contributed by atoms with Gasteiger partial charge in [-0.1, -0.05) is 0 Å². The first-order valence-electron chi connectivity index (χ1n) is 18.1. The first kappa shape index (κ1) is 69.4. The monoisotopic (exact) mass is 1120 g/mol. The predicted molar refractivity (Wildman–Crippen MR) is 191 cm³/mol. The molecule has 0 radical (unpaired) electrons. The van der Waals surface area contributed by atoms with Gasteiger partial charge in [-0.3, -0.25) is 0 Å². The summed E-state index contributed by atoms with van der Waals surface area (Å²) in [7, 11) is 0. The van der Waals surface area contributed by atoms with Gasteiger partial charge in [-0.15, -0.1) is 0 Å². The Morgan fingerprint density at radius 1 is 0.313 bits per heavy atom. The van der Waals surface area contributed by atoms with Crippen molar-refractivity contribution in [2.45, 2.75) is 122 Å². The molecule has 0 aromatic rings. The van der Waals surface area contributed by atoms with E-state index in [0.29, 0.717) is 0 Å². The summed E-state index contributed by atoms with van der Waals surface area (Å²) in [6.07, 6.45) is -52.6. The fraction of sp³-hybridized carbons (Fsp3) is 0.833. The van der Waals surface area contributed by atoms with E-state index in [1.807, 2.05) is 0 Å². The molecule has 0 rings (SSSR count). The molecule has 0 aliphatic rings. The Hall–Kier alpha value is -1.85. The molecule has 0 fully saturated rings. The van der Waals surface area contributed by atoms with Gasteiger partial charge in [-0.25, -0.2) is 0 Å². The number of aliphatic hydroxyl groups excluding tert-OH is 25. The van der Waals surface area contributed by atoms with Crippen LogP contribution in [-0.2, 0) is 36.3 Å². The summed E-state index contributed by atoms with van der Waals surface area (Å²) in [4.78, 5) is 61.7. The number of carboxylic acid groups (broad SMARTS) is 1. The molecule has 0 amide bonds. The molecule has 0 saturated heterocycles. The Balaban J connectivity index is -0.00000252. The van der Waals surface area contributed by atoms with E-state index in [1.165, 1.54) is 0 Å². The molecule has 390 valence electrons. The number of aliphatic hydroxyl groups is 25. The van der Waals surface area contributed by atoms with Crippen molar-refractivity contribution < 1.29 is 199 Å². The third-order valence-electron chi connectivity index (χ3n) is 8.38. The normalized spacial score (nSPS) is 20.9. The summed E-state index contributed by atoms with van der Waals surface area (Å²) in [6, 6.07) is 0. The van der Waals surface area contributed by atoms with Crippen molar-refractivity contribution in [3.63, 3.8) is 0 Å². The maximum atomic E-state index is 12.9. The van der Waals surface area contributed by atoms with Crippen LogP contribution in [0.5, 0.6) is 0 Å². The standard InChI is InChI=1S/5C6H12O7.Na.Sn/c5*7-1-2(8)3(9)4(10)5(11)6(12)13;;/h5*2-5,7-11H,1H2,(H,12,13);;/q;;;;;+1;+4/p-5/t5*2-,3-,4+,5-;;/m11111../s1. The molecule has 0 heterocycles. The summed E-state index contributed by atoms with van der Waals surface area (Å²) in [5.41, 5.74) is 0. The quantitative estimate of drug-likeness (QED) is 0.0309. The van der Waals surface area contributed by atoms with Crippen LogP contribution >= 0.6 is 0 Å². The molecule has 0 unspecified atom stereocenters. The van der Waals surface area contributed by atoms with E-state index < -0.39 is 205 Å². The van der Waals surface area contributed by atoms with Crippen molar-refractivity contribution in [1.82, 2.24) is 0 Å². The SMILES string of the molecule is O=C([O-])[C@H](O)[C@@H](O)[C@H](O)[C@H](O)CO.O=C([O][Sn]([O]C(=O)[C@H](O)[C@@H](O)[C@H](O)[C@H](O)CO)([O]C(=O)[C@H](O)[C@@H](O)[C@H](O)[C@H](O)CO)[O]C(=O)[C@H](O)[C@@H](O)[C@H](O)[C@H](O)CO)[C@H](O)[C@@H](O)[C@H](O)[C@H](O)CO.[Na+]. The minimum atomic E-state index is -8.11. The average molecular weight is 1120 g/mol. The molecule has 25 N–H and O–H groups in total. The summed E-state index contributed by atoms with van der Waals surface area (Å²) in [5.74, 6) is -12.1. The fourth-order valence-corrected chi connectivity index (χ4v) is 9.07. The smallest absolute Gasteiger partial charge is 1.00 e. The zero-order valence-corrected chi connectivity index (χ0v) is 39.2. The molecule has 0 aliphatic carbocycles. The number of carbonyl (C=O) groups is 5. The molecule has 0 aromatic carbocycles. The van der Waals surface area contributed by atoms with Crippen LogP contribution in [0, 0.1) is 0 Å². The largest absolute Gasteiger partial charge is 1.00 e. The van der Waals surface area contributed by atoms with Crippen molar-refractivity contribution >= 4 is 49.9 Å². The van der Waals surface area contributed by atoms with Gasteiger partial charge < -0.3 is 35.4 Å². The van der Waals surface area contributed by atoms with E-state index in [-0.39, 0.29) is 29.6 Å². The Bertz CT molecular complexity index is 1290. The molecule has 20 atom stereocenters. The van der Waals surface area contributed by atoms with Gasteiger partial charge in [-0.2, -0.15) is 0 Å². The van der Waals surface area contributed by atoms with Gasteiger partial charge in [0.25, 0.3) is 0 Å². The van der Waals surface area contributed by atoms with Crippen LogP contribution < -0.4 is 34.7 Å².